The number of hydrogen-bond donors (Lipinski definition) is 0. The van der Waals surface area contributed by atoms with Crippen LogP contribution in [0.2, 0.25) is 0 Å². The lowest BCUT2D eigenvalue weighted by molar-refractivity contribution is 0.608. The predicted octanol–water partition coefficient (Wildman–Crippen LogP) is 3.57. The molecular formula is C18H14FN5. The molecule has 2 aromatic carbocycles. The number of nitrogens with zero attached hydrogens (tertiary/aromatic N) is 5. The van der Waals surface area contributed by atoms with Crippen LogP contribution in [0.4, 0.5) is 4.39 Å². The number of aryl methyl sites for hydroxylation is 1. The predicted molar refractivity (Wildman–Crippen MR) is 88.6 cm³/mol. The standard InChI is InChI=1S/C18H14FN5/c1-13-18(24(22-21-13)17-10-6-5-9-15(17)19)16-11-23(12-20-16)14-7-3-2-4-8-14/h2-12H,1H3. The van der Waals surface area contributed by atoms with Gasteiger partial charge in [-0.3, -0.25) is 0 Å². The van der Waals surface area contributed by atoms with E-state index in [1.54, 1.807) is 24.5 Å². The number of aromatic nitrogens is 5. The Kier molecular flexibility index (Phi) is 3.42. The van der Waals surface area contributed by atoms with Gasteiger partial charge in [0.2, 0.25) is 0 Å². The normalized spacial score (nSPS) is 10.9. The van der Waals surface area contributed by atoms with Crippen molar-refractivity contribution in [3.05, 3.63) is 78.6 Å². The highest BCUT2D eigenvalue weighted by Gasteiger charge is 2.18. The van der Waals surface area contributed by atoms with E-state index in [1.165, 1.54) is 10.7 Å². The molecule has 24 heavy (non-hydrogen) atoms. The van der Waals surface area contributed by atoms with Crippen molar-refractivity contribution in [2.75, 3.05) is 0 Å². The van der Waals surface area contributed by atoms with Gasteiger partial charge in [-0.2, -0.15) is 0 Å². The van der Waals surface area contributed by atoms with E-state index in [0.29, 0.717) is 22.8 Å². The average Bonchev–Trinajstić information content (AvgIpc) is 3.23. The maximum absolute atomic E-state index is 14.1. The molecule has 118 valence electrons. The second-order valence-corrected chi connectivity index (χ2v) is 5.39. The van der Waals surface area contributed by atoms with Crippen LogP contribution in [0.25, 0.3) is 22.8 Å². The molecule has 4 aromatic rings. The Morgan fingerprint density at radius 2 is 1.71 bits per heavy atom. The number of benzene rings is 2. The van der Waals surface area contributed by atoms with Crippen molar-refractivity contribution < 1.29 is 4.39 Å². The largest absolute Gasteiger partial charge is 0.306 e. The Morgan fingerprint density at radius 3 is 2.50 bits per heavy atom. The molecule has 0 bridgehead atoms. The first kappa shape index (κ1) is 14.3. The van der Waals surface area contributed by atoms with Crippen molar-refractivity contribution in [2.24, 2.45) is 0 Å². The molecule has 0 saturated carbocycles. The van der Waals surface area contributed by atoms with E-state index in [0.717, 1.165) is 5.69 Å². The van der Waals surface area contributed by atoms with E-state index in [-0.39, 0.29) is 5.82 Å². The van der Waals surface area contributed by atoms with Crippen LogP contribution in [0.15, 0.2) is 67.1 Å². The lowest BCUT2D eigenvalue weighted by Gasteiger charge is -2.06. The molecule has 5 nitrogen and oxygen atoms in total. The van der Waals surface area contributed by atoms with E-state index in [1.807, 2.05) is 48.0 Å². The molecule has 0 aliphatic heterocycles. The summed E-state index contributed by atoms with van der Waals surface area (Å²) >= 11 is 0. The fourth-order valence-electron chi connectivity index (χ4n) is 2.63. The van der Waals surface area contributed by atoms with Crippen LogP contribution in [-0.2, 0) is 0 Å². The Bertz CT molecular complexity index is 988. The van der Waals surface area contributed by atoms with E-state index in [4.69, 9.17) is 0 Å². The first-order chi connectivity index (χ1) is 11.7. The van der Waals surface area contributed by atoms with Gasteiger partial charge in [0.05, 0.1) is 12.0 Å². The van der Waals surface area contributed by atoms with Crippen LogP contribution in [0, 0.1) is 12.7 Å². The van der Waals surface area contributed by atoms with Crippen LogP contribution in [0.1, 0.15) is 5.69 Å². The minimum atomic E-state index is -0.355. The van der Waals surface area contributed by atoms with Crippen molar-refractivity contribution >= 4 is 0 Å². The summed E-state index contributed by atoms with van der Waals surface area (Å²) in [6, 6.07) is 16.4. The van der Waals surface area contributed by atoms with Crippen LogP contribution < -0.4 is 0 Å². The van der Waals surface area contributed by atoms with Crippen molar-refractivity contribution in [2.45, 2.75) is 6.92 Å². The molecule has 2 heterocycles. The van der Waals surface area contributed by atoms with E-state index < -0.39 is 0 Å². The quantitative estimate of drug-likeness (QED) is 0.580. The van der Waals surface area contributed by atoms with Gasteiger partial charge in [0.25, 0.3) is 0 Å². The lowest BCUT2D eigenvalue weighted by atomic mass is 10.2. The number of rotatable bonds is 3. The molecule has 0 fully saturated rings. The molecule has 0 radical (unpaired) electrons. The molecule has 2 aromatic heterocycles. The molecule has 0 spiro atoms. The molecule has 4 rings (SSSR count). The van der Waals surface area contributed by atoms with Crippen LogP contribution in [0.3, 0.4) is 0 Å². The number of para-hydroxylation sites is 2. The fourth-order valence-corrected chi connectivity index (χ4v) is 2.63. The number of hydrogen-bond acceptors (Lipinski definition) is 3. The van der Waals surface area contributed by atoms with Gasteiger partial charge < -0.3 is 4.57 Å². The topological polar surface area (TPSA) is 48.5 Å². The van der Waals surface area contributed by atoms with Crippen LogP contribution in [-0.4, -0.2) is 24.5 Å². The van der Waals surface area contributed by atoms with E-state index in [9.17, 15) is 4.39 Å². The monoisotopic (exact) mass is 319 g/mol. The molecule has 0 saturated heterocycles. The van der Waals surface area contributed by atoms with Gasteiger partial charge in [0.15, 0.2) is 0 Å². The third kappa shape index (κ3) is 2.38. The smallest absolute Gasteiger partial charge is 0.148 e. The Hall–Kier alpha value is -3.28. The zero-order chi connectivity index (χ0) is 16.5. The van der Waals surface area contributed by atoms with Gasteiger partial charge >= 0.3 is 0 Å². The summed E-state index contributed by atoms with van der Waals surface area (Å²) in [5.41, 5.74) is 3.40. The number of halogens is 1. The molecule has 0 amide bonds. The highest BCUT2D eigenvalue weighted by atomic mass is 19.1. The average molecular weight is 319 g/mol. The van der Waals surface area contributed by atoms with Crippen molar-refractivity contribution in [1.29, 1.82) is 0 Å². The molecule has 6 heteroatoms. The van der Waals surface area contributed by atoms with Crippen molar-refractivity contribution in [3.8, 4) is 22.8 Å². The Labute approximate surface area is 138 Å². The van der Waals surface area contributed by atoms with Gasteiger partial charge in [-0.15, -0.1) is 5.10 Å². The highest BCUT2D eigenvalue weighted by Crippen LogP contribution is 2.25. The maximum Gasteiger partial charge on any atom is 0.148 e. The first-order valence-electron chi connectivity index (χ1n) is 7.51. The van der Waals surface area contributed by atoms with E-state index in [2.05, 4.69) is 15.3 Å². The first-order valence-corrected chi connectivity index (χ1v) is 7.51. The second-order valence-electron chi connectivity index (χ2n) is 5.39. The van der Waals surface area contributed by atoms with Gasteiger partial charge in [-0.1, -0.05) is 35.5 Å². The molecule has 0 atom stereocenters. The third-order valence-corrected chi connectivity index (χ3v) is 3.80. The molecule has 0 aliphatic carbocycles. The summed E-state index contributed by atoms with van der Waals surface area (Å²) in [6.45, 7) is 1.83. The molecule has 0 unspecified atom stereocenters. The summed E-state index contributed by atoms with van der Waals surface area (Å²) < 4.78 is 17.5. The molecule has 0 aliphatic rings. The lowest BCUT2D eigenvalue weighted by Crippen LogP contribution is -2.02. The van der Waals surface area contributed by atoms with Gasteiger partial charge in [0.1, 0.15) is 22.9 Å². The second kappa shape index (κ2) is 5.73. The molecular weight excluding hydrogens is 305 g/mol. The SMILES string of the molecule is Cc1nnn(-c2ccccc2F)c1-c1cn(-c2ccccc2)cn1. The summed E-state index contributed by atoms with van der Waals surface area (Å²) in [4.78, 5) is 4.45. The summed E-state index contributed by atoms with van der Waals surface area (Å²) in [5.74, 6) is -0.355. The van der Waals surface area contributed by atoms with Gasteiger partial charge in [-0.05, 0) is 31.2 Å². The van der Waals surface area contributed by atoms with Crippen LogP contribution in [0.5, 0.6) is 0 Å². The van der Waals surface area contributed by atoms with Gasteiger partial charge in [0, 0.05) is 11.9 Å². The van der Waals surface area contributed by atoms with E-state index >= 15 is 0 Å². The Morgan fingerprint density at radius 1 is 0.958 bits per heavy atom. The summed E-state index contributed by atoms with van der Waals surface area (Å²) in [6.07, 6.45) is 3.61. The third-order valence-electron chi connectivity index (χ3n) is 3.80. The minimum absolute atomic E-state index is 0.349. The zero-order valence-corrected chi connectivity index (χ0v) is 13.0. The van der Waals surface area contributed by atoms with Crippen LogP contribution >= 0.6 is 0 Å². The van der Waals surface area contributed by atoms with Gasteiger partial charge in [-0.25, -0.2) is 14.1 Å². The van der Waals surface area contributed by atoms with Crippen molar-refractivity contribution in [1.82, 2.24) is 24.5 Å². The zero-order valence-electron chi connectivity index (χ0n) is 13.0. The summed E-state index contributed by atoms with van der Waals surface area (Å²) in [7, 11) is 0. The van der Waals surface area contributed by atoms with Crippen molar-refractivity contribution in [3.63, 3.8) is 0 Å². The number of imidazole rings is 1. The molecule has 0 N–H and O–H groups in total. The minimum Gasteiger partial charge on any atom is -0.306 e. The summed E-state index contributed by atoms with van der Waals surface area (Å²) in [5, 5.41) is 8.17. The maximum atomic E-state index is 14.1. The fraction of sp³-hybridized carbons (Fsp3) is 0.0556. The highest BCUT2D eigenvalue weighted by molar-refractivity contribution is 5.60. The Balaban J connectivity index is 1.83.